The number of anilines is 4. The van der Waals surface area contributed by atoms with E-state index < -0.39 is 41.3 Å². The Bertz CT molecular complexity index is 2280. The number of ether oxygens (including phenoxy) is 4. The van der Waals surface area contributed by atoms with Gasteiger partial charge in [0.05, 0.1) is 38.0 Å². The number of hydrogen-bond acceptors (Lipinski definition) is 17. The van der Waals surface area contributed by atoms with Crippen LogP contribution in [-0.4, -0.2) is 123 Å². The van der Waals surface area contributed by atoms with E-state index >= 15 is 0 Å². The molecule has 0 aliphatic rings. The number of amides is 3. The molecule has 0 saturated heterocycles. The molecule has 0 unspecified atom stereocenters. The fourth-order valence-corrected chi connectivity index (χ4v) is 5.05. The summed E-state index contributed by atoms with van der Waals surface area (Å²) in [5, 5.41) is 11.2. The molecule has 352 valence electrons. The third-order valence-electron chi connectivity index (χ3n) is 8.18. The normalized spacial score (nSPS) is 10.7. The van der Waals surface area contributed by atoms with Gasteiger partial charge in [0.2, 0.25) is 5.91 Å². The summed E-state index contributed by atoms with van der Waals surface area (Å²) in [5.74, 6) is -2.34. The van der Waals surface area contributed by atoms with Gasteiger partial charge < -0.3 is 56.4 Å². The molecular formula is C44H60N10O11. The van der Waals surface area contributed by atoms with Gasteiger partial charge in [0.15, 0.2) is 23.0 Å². The van der Waals surface area contributed by atoms with E-state index in [1.165, 1.54) is 36.4 Å². The Morgan fingerprint density at radius 1 is 0.662 bits per heavy atom. The molecule has 4 rings (SSSR count). The van der Waals surface area contributed by atoms with Crippen molar-refractivity contribution in [1.82, 2.24) is 29.7 Å². The zero-order chi connectivity index (χ0) is 49.1. The highest BCUT2D eigenvalue weighted by molar-refractivity contribution is 5.94. The SMILES string of the molecule is CN(CCCC(=O)O)C(=O)OC(C)(C)C.COC(=O)c1nc(-c2cccc(N)c2)cnc1N.COC(=O)c1nc(-c2cccc(NC(=O)CCCN(C)C(=O)OC(C)(C)C)c2)cnc1N. The number of esters is 2. The molecule has 0 aliphatic heterocycles. The minimum Gasteiger partial charge on any atom is -0.481 e. The van der Waals surface area contributed by atoms with E-state index in [1.807, 2.05) is 6.07 Å². The van der Waals surface area contributed by atoms with Crippen LogP contribution in [0, 0.1) is 0 Å². The maximum atomic E-state index is 12.3. The number of carbonyl (C=O) groups excluding carboxylic acids is 5. The van der Waals surface area contributed by atoms with Gasteiger partial charge in [-0.25, -0.2) is 39.1 Å². The predicted octanol–water partition coefficient (Wildman–Crippen LogP) is 5.91. The summed E-state index contributed by atoms with van der Waals surface area (Å²) in [4.78, 5) is 88.3. The average molecular weight is 905 g/mol. The number of nitrogen functional groups attached to an aromatic ring is 3. The van der Waals surface area contributed by atoms with E-state index in [0.717, 1.165) is 5.56 Å². The number of methoxy groups -OCH3 is 2. The van der Waals surface area contributed by atoms with Crippen molar-refractivity contribution in [2.75, 3.05) is 63.9 Å². The van der Waals surface area contributed by atoms with E-state index in [2.05, 4.69) is 34.7 Å². The van der Waals surface area contributed by atoms with Gasteiger partial charge in [-0.3, -0.25) is 9.59 Å². The van der Waals surface area contributed by atoms with Crippen LogP contribution in [0.3, 0.4) is 0 Å². The van der Waals surface area contributed by atoms with Crippen LogP contribution in [0.15, 0.2) is 60.9 Å². The minimum absolute atomic E-state index is 0.00238. The van der Waals surface area contributed by atoms with Crippen LogP contribution in [0.5, 0.6) is 0 Å². The Morgan fingerprint density at radius 2 is 1.09 bits per heavy atom. The quantitative estimate of drug-likeness (QED) is 0.0591. The Hall–Kier alpha value is -7.58. The van der Waals surface area contributed by atoms with Crippen molar-refractivity contribution in [2.45, 2.75) is 78.4 Å². The van der Waals surface area contributed by atoms with Crippen molar-refractivity contribution in [3.8, 4) is 22.5 Å². The summed E-state index contributed by atoms with van der Waals surface area (Å²) in [6.45, 7) is 11.5. The fraction of sp³-hybridized carbons (Fsp3) is 0.409. The van der Waals surface area contributed by atoms with E-state index in [1.54, 1.807) is 98.1 Å². The first-order chi connectivity index (χ1) is 30.3. The van der Waals surface area contributed by atoms with Gasteiger partial charge in [-0.2, -0.15) is 0 Å². The molecule has 65 heavy (non-hydrogen) atoms. The van der Waals surface area contributed by atoms with Gasteiger partial charge >= 0.3 is 30.1 Å². The third-order valence-corrected chi connectivity index (χ3v) is 8.18. The van der Waals surface area contributed by atoms with Crippen LogP contribution in [0.25, 0.3) is 22.5 Å². The van der Waals surface area contributed by atoms with Gasteiger partial charge in [0.1, 0.15) is 11.2 Å². The van der Waals surface area contributed by atoms with Crippen LogP contribution in [-0.2, 0) is 28.5 Å². The molecule has 0 fully saturated rings. The molecule has 8 N–H and O–H groups in total. The number of aromatic nitrogens is 4. The predicted molar refractivity (Wildman–Crippen MR) is 243 cm³/mol. The molecule has 2 aromatic heterocycles. The van der Waals surface area contributed by atoms with Gasteiger partial charge in [-0.15, -0.1) is 0 Å². The number of benzene rings is 2. The largest absolute Gasteiger partial charge is 0.481 e. The number of nitrogens with zero attached hydrogens (tertiary/aromatic N) is 6. The van der Waals surface area contributed by atoms with Gasteiger partial charge in [-0.1, -0.05) is 24.3 Å². The Labute approximate surface area is 378 Å². The molecule has 2 heterocycles. The van der Waals surface area contributed by atoms with Crippen LogP contribution in [0.2, 0.25) is 0 Å². The van der Waals surface area contributed by atoms with Crippen LogP contribution in [0.1, 0.15) is 88.2 Å². The zero-order valence-corrected chi connectivity index (χ0v) is 38.5. The van der Waals surface area contributed by atoms with Crippen molar-refractivity contribution < 1.29 is 52.8 Å². The molecule has 0 aliphatic carbocycles. The number of nitrogens with two attached hydrogens (primary N) is 3. The first-order valence-corrected chi connectivity index (χ1v) is 20.1. The summed E-state index contributed by atoms with van der Waals surface area (Å²) >= 11 is 0. The minimum atomic E-state index is -0.854. The maximum absolute atomic E-state index is 12.3. The lowest BCUT2D eigenvalue weighted by Crippen LogP contribution is -2.35. The standard InChI is InChI=1S/C22H29N5O5.C12H12N4O2.C10H19NO4/c1-22(2,3)32-21(30)27(4)11-7-10-17(28)25-15-9-6-8-14(12-15)16-13-24-19(23)18(26-16)20(29)31-5;1-18-12(17)10-11(14)15-6-9(16-10)7-3-2-4-8(13)5-7;1-10(2,3)15-9(14)11(4)7-5-6-8(12)13/h6,8-9,12-13H,7,10-11H2,1-5H3,(H2,23,24)(H,25,28);2-6H,13H2,1H3,(H2,14,15);5-7H2,1-4H3,(H,12,13). The molecule has 4 aromatic rings. The highest BCUT2D eigenvalue weighted by Gasteiger charge is 2.21. The van der Waals surface area contributed by atoms with Crippen molar-refractivity contribution in [3.63, 3.8) is 0 Å². The highest BCUT2D eigenvalue weighted by Crippen LogP contribution is 2.23. The lowest BCUT2D eigenvalue weighted by Gasteiger charge is -2.24. The number of rotatable bonds is 13. The van der Waals surface area contributed by atoms with Crippen LogP contribution in [0.4, 0.5) is 32.6 Å². The number of aliphatic carboxylic acids is 1. The number of carboxylic acids is 1. The van der Waals surface area contributed by atoms with Crippen molar-refractivity contribution in [1.29, 1.82) is 0 Å². The van der Waals surface area contributed by atoms with Crippen LogP contribution >= 0.6 is 0 Å². The summed E-state index contributed by atoms with van der Waals surface area (Å²) in [5.41, 5.74) is 19.3. The highest BCUT2D eigenvalue weighted by atomic mass is 16.6. The number of hydrogen-bond donors (Lipinski definition) is 5. The van der Waals surface area contributed by atoms with Gasteiger partial charge in [0.25, 0.3) is 0 Å². The topological polar surface area (TPSA) is 308 Å². The lowest BCUT2D eigenvalue weighted by atomic mass is 10.1. The lowest BCUT2D eigenvalue weighted by molar-refractivity contribution is -0.137. The van der Waals surface area contributed by atoms with Crippen molar-refractivity contribution >= 4 is 59.0 Å². The second-order valence-electron chi connectivity index (χ2n) is 16.1. The summed E-state index contributed by atoms with van der Waals surface area (Å²) < 4.78 is 19.6. The van der Waals surface area contributed by atoms with E-state index in [4.69, 9.17) is 31.8 Å². The maximum Gasteiger partial charge on any atom is 0.410 e. The Morgan fingerprint density at radius 3 is 1.51 bits per heavy atom. The summed E-state index contributed by atoms with van der Waals surface area (Å²) in [7, 11) is 5.72. The van der Waals surface area contributed by atoms with Crippen molar-refractivity contribution in [2.24, 2.45) is 0 Å². The molecule has 0 radical (unpaired) electrons. The van der Waals surface area contributed by atoms with E-state index in [-0.39, 0.29) is 41.8 Å². The van der Waals surface area contributed by atoms with Gasteiger partial charge in [0, 0.05) is 62.5 Å². The smallest absolute Gasteiger partial charge is 0.410 e. The molecule has 0 bridgehead atoms. The first kappa shape index (κ1) is 53.6. The van der Waals surface area contributed by atoms with Gasteiger partial charge in [-0.05, 0) is 78.6 Å². The van der Waals surface area contributed by atoms with Crippen LogP contribution < -0.4 is 22.5 Å². The third kappa shape index (κ3) is 19.6. The molecule has 0 atom stereocenters. The second kappa shape index (κ2) is 24.9. The first-order valence-electron chi connectivity index (χ1n) is 20.1. The molecular weight excluding hydrogens is 845 g/mol. The summed E-state index contributed by atoms with van der Waals surface area (Å²) in [6, 6.07) is 14.1. The van der Waals surface area contributed by atoms with E-state index in [9.17, 15) is 28.8 Å². The monoisotopic (exact) mass is 904 g/mol. The Kier molecular flexibility index (Phi) is 20.5. The fourth-order valence-electron chi connectivity index (χ4n) is 5.05. The average Bonchev–Trinajstić information content (AvgIpc) is 3.22. The molecule has 2 aromatic carbocycles. The molecule has 0 spiro atoms. The Balaban J connectivity index is 0.000000371. The number of nitrogens with one attached hydrogen (secondary N) is 1. The molecule has 21 nitrogen and oxygen atoms in total. The molecule has 3 amide bonds. The molecule has 21 heteroatoms. The molecule has 0 saturated carbocycles. The summed E-state index contributed by atoms with van der Waals surface area (Å²) in [6.07, 6.45) is 3.28. The zero-order valence-electron chi connectivity index (χ0n) is 38.5. The van der Waals surface area contributed by atoms with Crippen molar-refractivity contribution in [3.05, 3.63) is 72.3 Å². The number of carboxylic acid groups (broad SMARTS) is 1. The number of carbonyl (C=O) groups is 6. The second-order valence-corrected chi connectivity index (χ2v) is 16.1. The van der Waals surface area contributed by atoms with E-state index in [0.29, 0.717) is 54.3 Å².